The molecule has 0 saturated carbocycles. The van der Waals surface area contributed by atoms with Crippen LogP contribution in [0.5, 0.6) is 5.75 Å². The zero-order chi connectivity index (χ0) is 19.6. The SMILES string of the molecule is Cc1cc(Cl)ccc1OC(C)C(=O)Nc1ccc(N2CCCC2=O)c(C)c1. The molecule has 1 unspecified atom stereocenters. The Labute approximate surface area is 164 Å². The van der Waals surface area contributed by atoms with Gasteiger partial charge in [-0.3, -0.25) is 9.59 Å². The van der Waals surface area contributed by atoms with E-state index in [1.54, 1.807) is 30.0 Å². The van der Waals surface area contributed by atoms with E-state index >= 15 is 0 Å². The zero-order valence-electron chi connectivity index (χ0n) is 15.7. The fourth-order valence-corrected chi connectivity index (χ4v) is 3.40. The largest absolute Gasteiger partial charge is 0.481 e. The van der Waals surface area contributed by atoms with Gasteiger partial charge in [0.05, 0.1) is 0 Å². The van der Waals surface area contributed by atoms with Crippen LogP contribution in [0.25, 0.3) is 0 Å². The third-order valence-electron chi connectivity index (χ3n) is 4.64. The van der Waals surface area contributed by atoms with Gasteiger partial charge in [0.1, 0.15) is 5.75 Å². The summed E-state index contributed by atoms with van der Waals surface area (Å²) < 4.78 is 5.76. The first kappa shape index (κ1) is 19.2. The first-order valence-corrected chi connectivity index (χ1v) is 9.37. The van der Waals surface area contributed by atoms with E-state index in [-0.39, 0.29) is 11.8 Å². The molecule has 1 atom stereocenters. The summed E-state index contributed by atoms with van der Waals surface area (Å²) in [7, 11) is 0. The van der Waals surface area contributed by atoms with Gasteiger partial charge in [-0.2, -0.15) is 0 Å². The number of aryl methyl sites for hydroxylation is 2. The number of hydrogen-bond donors (Lipinski definition) is 1. The van der Waals surface area contributed by atoms with Crippen LogP contribution in [0.15, 0.2) is 36.4 Å². The lowest BCUT2D eigenvalue weighted by Crippen LogP contribution is -2.30. The van der Waals surface area contributed by atoms with Crippen LogP contribution in [0.4, 0.5) is 11.4 Å². The van der Waals surface area contributed by atoms with E-state index in [0.29, 0.717) is 22.9 Å². The highest BCUT2D eigenvalue weighted by Crippen LogP contribution is 2.28. The Morgan fingerprint density at radius 1 is 1.19 bits per heavy atom. The molecule has 1 fully saturated rings. The van der Waals surface area contributed by atoms with Crippen LogP contribution in [0, 0.1) is 13.8 Å². The standard InChI is InChI=1S/C21H23ClN2O3/c1-13-12-17(7-8-18(13)24-10-4-5-20(24)25)23-21(26)15(3)27-19-9-6-16(22)11-14(19)2/h6-9,11-12,15H,4-5,10H2,1-3H3,(H,23,26). The van der Waals surface area contributed by atoms with Crippen LogP contribution in [0.2, 0.25) is 5.02 Å². The highest BCUT2D eigenvalue weighted by atomic mass is 35.5. The first-order valence-electron chi connectivity index (χ1n) is 9.00. The third kappa shape index (κ3) is 4.42. The van der Waals surface area contributed by atoms with Crippen molar-refractivity contribution in [3.63, 3.8) is 0 Å². The molecule has 1 aliphatic rings. The van der Waals surface area contributed by atoms with Crippen molar-refractivity contribution in [2.45, 2.75) is 39.7 Å². The number of rotatable bonds is 5. The Morgan fingerprint density at radius 3 is 2.59 bits per heavy atom. The van der Waals surface area contributed by atoms with Crippen molar-refractivity contribution in [3.05, 3.63) is 52.5 Å². The molecule has 1 aliphatic heterocycles. The number of carbonyl (C=O) groups is 2. The van der Waals surface area contributed by atoms with Crippen molar-refractivity contribution in [1.82, 2.24) is 0 Å². The van der Waals surface area contributed by atoms with Gasteiger partial charge in [0.2, 0.25) is 5.91 Å². The second-order valence-corrected chi connectivity index (χ2v) is 7.25. The van der Waals surface area contributed by atoms with Crippen LogP contribution in [-0.4, -0.2) is 24.5 Å². The monoisotopic (exact) mass is 386 g/mol. The van der Waals surface area contributed by atoms with Crippen LogP contribution >= 0.6 is 11.6 Å². The predicted octanol–water partition coefficient (Wildman–Crippen LogP) is 4.49. The number of ether oxygens (including phenoxy) is 1. The highest BCUT2D eigenvalue weighted by molar-refractivity contribution is 6.30. The van der Waals surface area contributed by atoms with E-state index in [1.807, 2.05) is 32.0 Å². The lowest BCUT2D eigenvalue weighted by atomic mass is 10.1. The van der Waals surface area contributed by atoms with E-state index in [0.717, 1.165) is 29.8 Å². The van der Waals surface area contributed by atoms with Crippen molar-refractivity contribution >= 4 is 34.8 Å². The molecule has 5 nitrogen and oxygen atoms in total. The molecule has 2 amide bonds. The van der Waals surface area contributed by atoms with Crippen molar-refractivity contribution in [2.24, 2.45) is 0 Å². The minimum Gasteiger partial charge on any atom is -0.481 e. The van der Waals surface area contributed by atoms with Crippen LogP contribution < -0.4 is 15.0 Å². The minimum atomic E-state index is -0.662. The Morgan fingerprint density at radius 2 is 1.96 bits per heavy atom. The molecule has 3 rings (SSSR count). The number of nitrogens with one attached hydrogen (secondary N) is 1. The third-order valence-corrected chi connectivity index (χ3v) is 4.87. The summed E-state index contributed by atoms with van der Waals surface area (Å²) >= 11 is 5.95. The molecular weight excluding hydrogens is 364 g/mol. The summed E-state index contributed by atoms with van der Waals surface area (Å²) in [5, 5.41) is 3.50. The van der Waals surface area contributed by atoms with Gasteiger partial charge in [-0.1, -0.05) is 11.6 Å². The lowest BCUT2D eigenvalue weighted by molar-refractivity contribution is -0.122. The minimum absolute atomic E-state index is 0.148. The number of hydrogen-bond acceptors (Lipinski definition) is 3. The predicted molar refractivity (Wildman–Crippen MR) is 108 cm³/mol. The van der Waals surface area contributed by atoms with E-state index in [9.17, 15) is 9.59 Å². The number of anilines is 2. The topological polar surface area (TPSA) is 58.6 Å². The smallest absolute Gasteiger partial charge is 0.265 e. The van der Waals surface area contributed by atoms with Crippen LogP contribution in [0.1, 0.15) is 30.9 Å². The summed E-state index contributed by atoms with van der Waals surface area (Å²) in [6.07, 6.45) is 0.817. The summed E-state index contributed by atoms with van der Waals surface area (Å²) in [5.74, 6) is 0.533. The molecule has 2 aromatic rings. The summed E-state index contributed by atoms with van der Waals surface area (Å²) in [5.41, 5.74) is 3.40. The van der Waals surface area contributed by atoms with Gasteiger partial charge >= 0.3 is 0 Å². The first-order chi connectivity index (χ1) is 12.8. The molecule has 0 aromatic heterocycles. The molecule has 0 spiro atoms. The lowest BCUT2D eigenvalue weighted by Gasteiger charge is -2.20. The van der Waals surface area contributed by atoms with E-state index in [2.05, 4.69) is 5.32 Å². The maximum Gasteiger partial charge on any atom is 0.265 e. The number of amides is 2. The highest BCUT2D eigenvalue weighted by Gasteiger charge is 2.23. The molecule has 1 N–H and O–H groups in total. The van der Waals surface area contributed by atoms with Crippen molar-refractivity contribution in [3.8, 4) is 5.75 Å². The van der Waals surface area contributed by atoms with E-state index < -0.39 is 6.10 Å². The van der Waals surface area contributed by atoms with Gasteiger partial charge in [0, 0.05) is 29.4 Å². The number of carbonyl (C=O) groups excluding carboxylic acids is 2. The fourth-order valence-electron chi connectivity index (χ4n) is 3.17. The normalized spacial score (nSPS) is 15.0. The Kier molecular flexibility index (Phi) is 5.71. The fraction of sp³-hybridized carbons (Fsp3) is 0.333. The second kappa shape index (κ2) is 8.01. The number of nitrogens with zero attached hydrogens (tertiary/aromatic N) is 1. The molecule has 6 heteroatoms. The van der Waals surface area contributed by atoms with Crippen LogP contribution in [-0.2, 0) is 9.59 Å². The molecule has 142 valence electrons. The Hall–Kier alpha value is -2.53. The van der Waals surface area contributed by atoms with E-state index in [1.165, 1.54) is 0 Å². The quantitative estimate of drug-likeness (QED) is 0.823. The second-order valence-electron chi connectivity index (χ2n) is 6.81. The Bertz CT molecular complexity index is 882. The molecule has 0 bridgehead atoms. The van der Waals surface area contributed by atoms with Crippen molar-refractivity contribution < 1.29 is 14.3 Å². The molecule has 1 saturated heterocycles. The van der Waals surface area contributed by atoms with Gasteiger partial charge < -0.3 is 15.0 Å². The zero-order valence-corrected chi connectivity index (χ0v) is 16.5. The molecule has 0 aliphatic carbocycles. The molecule has 0 radical (unpaired) electrons. The summed E-state index contributed by atoms with van der Waals surface area (Å²) in [6, 6.07) is 10.8. The molecule has 27 heavy (non-hydrogen) atoms. The van der Waals surface area contributed by atoms with E-state index in [4.69, 9.17) is 16.3 Å². The van der Waals surface area contributed by atoms with Gasteiger partial charge in [-0.05, 0) is 74.7 Å². The van der Waals surface area contributed by atoms with Gasteiger partial charge in [0.25, 0.3) is 5.91 Å². The van der Waals surface area contributed by atoms with Gasteiger partial charge in [-0.15, -0.1) is 0 Å². The average molecular weight is 387 g/mol. The molecule has 2 aromatic carbocycles. The molecule has 1 heterocycles. The Balaban J connectivity index is 1.66. The van der Waals surface area contributed by atoms with Gasteiger partial charge in [0.15, 0.2) is 6.10 Å². The van der Waals surface area contributed by atoms with Crippen molar-refractivity contribution in [1.29, 1.82) is 0 Å². The maximum atomic E-state index is 12.5. The van der Waals surface area contributed by atoms with Gasteiger partial charge in [-0.25, -0.2) is 0 Å². The number of halogens is 1. The maximum absolute atomic E-state index is 12.5. The van der Waals surface area contributed by atoms with Crippen molar-refractivity contribution in [2.75, 3.05) is 16.8 Å². The van der Waals surface area contributed by atoms with Crippen LogP contribution in [0.3, 0.4) is 0 Å². The summed E-state index contributed by atoms with van der Waals surface area (Å²) in [6.45, 7) is 6.27. The summed E-state index contributed by atoms with van der Waals surface area (Å²) in [4.78, 5) is 26.2. The molecular formula is C21H23ClN2O3. The number of benzene rings is 2. The average Bonchev–Trinajstić information content (AvgIpc) is 3.03.